The first-order chi connectivity index (χ1) is 8.29. The Morgan fingerprint density at radius 3 is 2.82 bits per heavy atom. The number of halogens is 1. The van der Waals surface area contributed by atoms with Crippen LogP contribution < -0.4 is 5.32 Å². The summed E-state index contributed by atoms with van der Waals surface area (Å²) in [4.78, 5) is 0. The molecule has 1 atom stereocenters. The molecule has 3 heteroatoms. The minimum absolute atomic E-state index is 0.218. The number of hydrogen-bond donors (Lipinski definition) is 1. The summed E-state index contributed by atoms with van der Waals surface area (Å²) in [5.74, 6) is 1.21. The van der Waals surface area contributed by atoms with Gasteiger partial charge < -0.3 is 9.73 Å². The van der Waals surface area contributed by atoms with Gasteiger partial charge in [-0.05, 0) is 37.9 Å². The molecule has 0 amide bonds. The maximum atomic E-state index is 13.5. The summed E-state index contributed by atoms with van der Waals surface area (Å²) in [6.07, 6.45) is 3.74. The van der Waals surface area contributed by atoms with Gasteiger partial charge >= 0.3 is 0 Å². The molecule has 0 aliphatic heterocycles. The van der Waals surface area contributed by atoms with Crippen LogP contribution in [0.25, 0.3) is 11.0 Å². The zero-order chi connectivity index (χ0) is 11.8. The fraction of sp³-hybridized carbons (Fsp3) is 0.429. The Hall–Kier alpha value is -1.35. The molecule has 1 aromatic heterocycles. The van der Waals surface area contributed by atoms with Crippen LogP contribution in [0.3, 0.4) is 0 Å². The maximum absolute atomic E-state index is 13.5. The van der Waals surface area contributed by atoms with Crippen molar-refractivity contribution in [2.75, 3.05) is 7.05 Å². The van der Waals surface area contributed by atoms with E-state index in [9.17, 15) is 4.39 Å². The molecular weight excluding hydrogens is 217 g/mol. The first kappa shape index (κ1) is 10.8. The van der Waals surface area contributed by atoms with Gasteiger partial charge in [0.05, 0.1) is 6.04 Å². The van der Waals surface area contributed by atoms with Gasteiger partial charge in [0.2, 0.25) is 0 Å². The van der Waals surface area contributed by atoms with Crippen LogP contribution >= 0.6 is 0 Å². The highest BCUT2D eigenvalue weighted by Crippen LogP contribution is 2.39. The second-order valence-electron chi connectivity index (χ2n) is 4.76. The topological polar surface area (TPSA) is 25.2 Å². The van der Waals surface area contributed by atoms with E-state index in [0.29, 0.717) is 11.5 Å². The number of rotatable bonds is 3. The summed E-state index contributed by atoms with van der Waals surface area (Å²) in [5, 5.41) is 4.13. The van der Waals surface area contributed by atoms with E-state index in [2.05, 4.69) is 5.32 Å². The Balaban J connectivity index is 2.01. The lowest BCUT2D eigenvalue weighted by molar-refractivity contribution is 0.218. The summed E-state index contributed by atoms with van der Waals surface area (Å²) in [6.45, 7) is 0. The number of hydrogen-bond acceptors (Lipinski definition) is 2. The molecule has 1 saturated carbocycles. The van der Waals surface area contributed by atoms with Crippen molar-refractivity contribution in [3.63, 3.8) is 0 Å². The van der Waals surface area contributed by atoms with Crippen molar-refractivity contribution < 1.29 is 8.81 Å². The van der Waals surface area contributed by atoms with E-state index in [1.54, 1.807) is 6.07 Å². The quantitative estimate of drug-likeness (QED) is 0.875. The third kappa shape index (κ3) is 1.75. The molecule has 1 unspecified atom stereocenters. The Kier molecular flexibility index (Phi) is 2.63. The molecule has 0 bridgehead atoms. The Morgan fingerprint density at radius 1 is 1.41 bits per heavy atom. The van der Waals surface area contributed by atoms with E-state index in [1.165, 1.54) is 25.3 Å². The lowest BCUT2D eigenvalue weighted by atomic mass is 9.79. The highest BCUT2D eigenvalue weighted by Gasteiger charge is 2.29. The molecule has 1 heterocycles. The molecule has 0 saturated heterocycles. The minimum atomic E-state index is -0.280. The van der Waals surface area contributed by atoms with E-state index < -0.39 is 0 Å². The van der Waals surface area contributed by atoms with Gasteiger partial charge in [-0.25, -0.2) is 4.39 Å². The summed E-state index contributed by atoms with van der Waals surface area (Å²) in [6, 6.07) is 7.22. The van der Waals surface area contributed by atoms with Crippen molar-refractivity contribution in [3.8, 4) is 0 Å². The highest BCUT2D eigenvalue weighted by molar-refractivity contribution is 5.78. The molecule has 1 aliphatic rings. The van der Waals surface area contributed by atoms with Crippen LogP contribution in [-0.4, -0.2) is 7.05 Å². The van der Waals surface area contributed by atoms with E-state index in [0.717, 1.165) is 11.1 Å². The molecule has 1 aromatic carbocycles. The summed E-state index contributed by atoms with van der Waals surface area (Å²) < 4.78 is 19.2. The van der Waals surface area contributed by atoms with Gasteiger partial charge in [0.15, 0.2) is 11.4 Å². The monoisotopic (exact) mass is 233 g/mol. The van der Waals surface area contributed by atoms with E-state index in [1.807, 2.05) is 19.2 Å². The Labute approximate surface area is 99.8 Å². The molecule has 0 spiro atoms. The van der Waals surface area contributed by atoms with Gasteiger partial charge in [0.1, 0.15) is 5.76 Å². The lowest BCUT2D eigenvalue weighted by Gasteiger charge is -2.32. The van der Waals surface area contributed by atoms with Crippen LogP contribution in [0.1, 0.15) is 31.1 Å². The van der Waals surface area contributed by atoms with Crippen molar-refractivity contribution >= 4 is 11.0 Å². The number of para-hydroxylation sites is 1. The number of fused-ring (bicyclic) bond motifs is 1. The van der Waals surface area contributed by atoms with Gasteiger partial charge in [0, 0.05) is 5.39 Å². The maximum Gasteiger partial charge on any atom is 0.169 e. The van der Waals surface area contributed by atoms with E-state index in [-0.39, 0.29) is 11.9 Å². The van der Waals surface area contributed by atoms with Crippen LogP contribution in [0.2, 0.25) is 0 Å². The fourth-order valence-electron chi connectivity index (χ4n) is 2.58. The largest absolute Gasteiger partial charge is 0.456 e. The van der Waals surface area contributed by atoms with Crippen molar-refractivity contribution in [2.45, 2.75) is 25.3 Å². The zero-order valence-electron chi connectivity index (χ0n) is 9.87. The van der Waals surface area contributed by atoms with E-state index in [4.69, 9.17) is 4.42 Å². The van der Waals surface area contributed by atoms with Crippen LogP contribution in [0.5, 0.6) is 0 Å². The second kappa shape index (κ2) is 4.15. The SMILES string of the molecule is CNC(c1cc2cccc(F)c2o1)C1CCC1. The third-order valence-electron chi connectivity index (χ3n) is 3.75. The third-order valence-corrected chi connectivity index (χ3v) is 3.75. The first-order valence-corrected chi connectivity index (χ1v) is 6.15. The number of nitrogens with one attached hydrogen (secondary N) is 1. The first-order valence-electron chi connectivity index (χ1n) is 6.15. The second-order valence-corrected chi connectivity index (χ2v) is 4.76. The van der Waals surface area contributed by atoms with Gasteiger partial charge in [-0.15, -0.1) is 0 Å². The molecule has 3 rings (SSSR count). The average molecular weight is 233 g/mol. The van der Waals surface area contributed by atoms with E-state index >= 15 is 0 Å². The molecule has 0 radical (unpaired) electrons. The molecule has 1 N–H and O–H groups in total. The van der Waals surface area contributed by atoms with Crippen molar-refractivity contribution in [2.24, 2.45) is 5.92 Å². The number of benzene rings is 1. The molecule has 17 heavy (non-hydrogen) atoms. The summed E-state index contributed by atoms with van der Waals surface area (Å²) in [5.41, 5.74) is 0.377. The number of furan rings is 1. The predicted molar refractivity (Wildman–Crippen MR) is 65.3 cm³/mol. The molecular formula is C14H16FNO. The van der Waals surface area contributed by atoms with Crippen LogP contribution in [0.15, 0.2) is 28.7 Å². The smallest absolute Gasteiger partial charge is 0.169 e. The van der Waals surface area contributed by atoms with Crippen LogP contribution in [0, 0.1) is 11.7 Å². The van der Waals surface area contributed by atoms with Crippen LogP contribution in [-0.2, 0) is 0 Å². The van der Waals surface area contributed by atoms with Gasteiger partial charge in [-0.1, -0.05) is 18.6 Å². The predicted octanol–water partition coefficient (Wildman–Crippen LogP) is 3.63. The van der Waals surface area contributed by atoms with Crippen molar-refractivity contribution in [3.05, 3.63) is 35.8 Å². The lowest BCUT2D eigenvalue weighted by Crippen LogP contribution is -2.29. The summed E-state index contributed by atoms with van der Waals surface area (Å²) in [7, 11) is 1.94. The van der Waals surface area contributed by atoms with Crippen molar-refractivity contribution in [1.29, 1.82) is 0 Å². The minimum Gasteiger partial charge on any atom is -0.456 e. The molecule has 2 aromatic rings. The van der Waals surface area contributed by atoms with Crippen LogP contribution in [0.4, 0.5) is 4.39 Å². The van der Waals surface area contributed by atoms with Gasteiger partial charge in [-0.2, -0.15) is 0 Å². The average Bonchev–Trinajstić information content (AvgIpc) is 2.68. The normalized spacial score (nSPS) is 18.2. The fourth-order valence-corrected chi connectivity index (χ4v) is 2.58. The molecule has 1 fully saturated rings. The van der Waals surface area contributed by atoms with Gasteiger partial charge in [-0.3, -0.25) is 0 Å². The molecule has 2 nitrogen and oxygen atoms in total. The highest BCUT2D eigenvalue weighted by atomic mass is 19.1. The molecule has 90 valence electrons. The van der Waals surface area contributed by atoms with Crippen molar-refractivity contribution in [1.82, 2.24) is 5.32 Å². The molecule has 1 aliphatic carbocycles. The Morgan fingerprint density at radius 2 is 2.24 bits per heavy atom. The standard InChI is InChI=1S/C14H16FNO/c1-16-13(9-4-2-5-9)12-8-10-6-3-7-11(15)14(10)17-12/h3,6-9,13,16H,2,4-5H2,1H3. The zero-order valence-corrected chi connectivity index (χ0v) is 9.87. The Bertz CT molecular complexity index is 530. The summed E-state index contributed by atoms with van der Waals surface area (Å²) >= 11 is 0. The van der Waals surface area contributed by atoms with Gasteiger partial charge in [0.25, 0.3) is 0 Å².